The number of ketones is 1. The zero-order chi connectivity index (χ0) is 19.4. The maximum absolute atomic E-state index is 12.6. The summed E-state index contributed by atoms with van der Waals surface area (Å²) in [5.41, 5.74) is 5.11. The first-order valence-electron chi connectivity index (χ1n) is 8.84. The van der Waals surface area contributed by atoms with Crippen LogP contribution < -0.4 is 0 Å². The van der Waals surface area contributed by atoms with Crippen LogP contribution in [0.3, 0.4) is 0 Å². The van der Waals surface area contributed by atoms with E-state index < -0.39 is 0 Å². The number of aryl methyl sites for hydroxylation is 3. The van der Waals surface area contributed by atoms with E-state index in [1.807, 2.05) is 54.8 Å². The lowest BCUT2D eigenvalue weighted by atomic mass is 10.0. The van der Waals surface area contributed by atoms with Crippen LogP contribution in [0.4, 0.5) is 0 Å². The molecule has 1 aromatic heterocycles. The molecule has 1 heterocycles. The number of rotatable bonds is 7. The molecule has 0 aliphatic heterocycles. The van der Waals surface area contributed by atoms with Crippen LogP contribution in [0.15, 0.2) is 60.3 Å². The Morgan fingerprint density at radius 3 is 2.59 bits per heavy atom. The van der Waals surface area contributed by atoms with Crippen LogP contribution in [0.5, 0.6) is 0 Å². The molecular formula is C22H23N3OS. The zero-order valence-corrected chi connectivity index (χ0v) is 16.7. The summed E-state index contributed by atoms with van der Waals surface area (Å²) >= 11 is 1.41. The molecule has 0 aliphatic carbocycles. The highest BCUT2D eigenvalue weighted by atomic mass is 32.2. The summed E-state index contributed by atoms with van der Waals surface area (Å²) in [6.45, 7) is 10.5. The Morgan fingerprint density at radius 2 is 1.89 bits per heavy atom. The second kappa shape index (κ2) is 8.35. The number of hydrogen-bond donors (Lipinski definition) is 0. The summed E-state index contributed by atoms with van der Waals surface area (Å²) in [5.74, 6) is 1.22. The number of carbonyl (C=O) groups excluding carboxylic acids is 1. The minimum Gasteiger partial charge on any atom is -0.298 e. The largest absolute Gasteiger partial charge is 0.298 e. The summed E-state index contributed by atoms with van der Waals surface area (Å²) in [6.07, 6.45) is 1.82. The van der Waals surface area contributed by atoms with E-state index in [1.165, 1.54) is 17.3 Å². The van der Waals surface area contributed by atoms with Crippen molar-refractivity contribution in [1.29, 1.82) is 0 Å². The molecule has 0 saturated heterocycles. The Bertz CT molecular complexity index is 991. The van der Waals surface area contributed by atoms with E-state index in [0.717, 1.165) is 33.2 Å². The van der Waals surface area contributed by atoms with Crippen molar-refractivity contribution in [2.24, 2.45) is 0 Å². The number of hydrogen-bond acceptors (Lipinski definition) is 4. The van der Waals surface area contributed by atoms with E-state index in [0.29, 0.717) is 12.3 Å². The van der Waals surface area contributed by atoms with Gasteiger partial charge < -0.3 is 0 Å². The molecule has 0 bridgehead atoms. The minimum absolute atomic E-state index is 0.0998. The molecule has 0 unspecified atom stereocenters. The highest BCUT2D eigenvalue weighted by Gasteiger charge is 2.16. The van der Waals surface area contributed by atoms with Gasteiger partial charge in [0.05, 0.1) is 5.75 Å². The molecule has 2 aromatic carbocycles. The fraction of sp³-hybridized carbons (Fsp3) is 0.227. The topological polar surface area (TPSA) is 47.8 Å². The van der Waals surface area contributed by atoms with Crippen molar-refractivity contribution in [2.75, 3.05) is 5.75 Å². The molecular weight excluding hydrogens is 354 g/mol. The molecule has 0 amide bonds. The van der Waals surface area contributed by atoms with Crippen LogP contribution in [0.1, 0.15) is 27.0 Å². The van der Waals surface area contributed by atoms with E-state index in [1.54, 1.807) is 0 Å². The number of thioether (sulfide) groups is 1. The van der Waals surface area contributed by atoms with Gasteiger partial charge in [-0.3, -0.25) is 9.36 Å². The number of carbonyl (C=O) groups is 1. The van der Waals surface area contributed by atoms with Gasteiger partial charge in [-0.25, -0.2) is 0 Å². The van der Waals surface area contributed by atoms with Gasteiger partial charge in [0, 0.05) is 17.7 Å². The molecule has 0 aliphatic rings. The van der Waals surface area contributed by atoms with Crippen LogP contribution in [0.2, 0.25) is 0 Å². The van der Waals surface area contributed by atoms with Gasteiger partial charge in [0.25, 0.3) is 0 Å². The maximum atomic E-state index is 12.6. The molecule has 0 saturated carbocycles. The second-order valence-corrected chi connectivity index (χ2v) is 7.55. The van der Waals surface area contributed by atoms with E-state index in [4.69, 9.17) is 0 Å². The van der Waals surface area contributed by atoms with Gasteiger partial charge in [0.1, 0.15) is 0 Å². The smallest absolute Gasteiger partial charge is 0.192 e. The Labute approximate surface area is 164 Å². The van der Waals surface area contributed by atoms with Gasteiger partial charge in [0.2, 0.25) is 0 Å². The standard InChI is InChI=1S/C22H23N3OS/c1-5-11-25-21(18-8-6-7-15(2)13-18)23-24-22(25)27-14-20(26)19-10-9-16(3)12-17(19)4/h5-10,12-13H,1,11,14H2,2-4H3. The third kappa shape index (κ3) is 4.37. The van der Waals surface area contributed by atoms with Crippen molar-refractivity contribution >= 4 is 17.5 Å². The molecule has 0 N–H and O–H groups in total. The Kier molecular flexibility index (Phi) is 5.91. The van der Waals surface area contributed by atoms with Crippen molar-refractivity contribution in [3.05, 3.63) is 77.4 Å². The van der Waals surface area contributed by atoms with Crippen molar-refractivity contribution in [1.82, 2.24) is 14.8 Å². The molecule has 3 rings (SSSR count). The monoisotopic (exact) mass is 377 g/mol. The normalized spacial score (nSPS) is 10.8. The SMILES string of the molecule is C=CCn1c(SCC(=O)c2ccc(C)cc2C)nnc1-c1cccc(C)c1. The number of Topliss-reactive ketones (excluding diaryl/α,β-unsaturated/α-hetero) is 1. The second-order valence-electron chi connectivity index (χ2n) is 6.61. The lowest BCUT2D eigenvalue weighted by molar-refractivity contribution is 0.102. The molecule has 0 atom stereocenters. The van der Waals surface area contributed by atoms with Crippen molar-refractivity contribution in [2.45, 2.75) is 32.5 Å². The van der Waals surface area contributed by atoms with Gasteiger partial charge in [-0.15, -0.1) is 16.8 Å². The summed E-state index contributed by atoms with van der Waals surface area (Å²) in [7, 11) is 0. The zero-order valence-electron chi connectivity index (χ0n) is 15.9. The van der Waals surface area contributed by atoms with Gasteiger partial charge >= 0.3 is 0 Å². The Balaban J connectivity index is 1.82. The summed E-state index contributed by atoms with van der Waals surface area (Å²) in [5, 5.41) is 9.40. The van der Waals surface area contributed by atoms with Crippen LogP contribution in [0.25, 0.3) is 11.4 Å². The van der Waals surface area contributed by atoms with Crippen molar-refractivity contribution in [3.8, 4) is 11.4 Å². The summed E-state index contributed by atoms with van der Waals surface area (Å²) in [6, 6.07) is 14.1. The van der Waals surface area contributed by atoms with E-state index in [2.05, 4.69) is 35.8 Å². The summed E-state index contributed by atoms with van der Waals surface area (Å²) in [4.78, 5) is 12.6. The molecule has 0 fully saturated rings. The Hall–Kier alpha value is -2.66. The number of benzene rings is 2. The van der Waals surface area contributed by atoms with Crippen LogP contribution >= 0.6 is 11.8 Å². The Morgan fingerprint density at radius 1 is 1.11 bits per heavy atom. The quantitative estimate of drug-likeness (QED) is 0.329. The van der Waals surface area contributed by atoms with Crippen LogP contribution in [-0.2, 0) is 6.54 Å². The highest BCUT2D eigenvalue weighted by Crippen LogP contribution is 2.25. The molecule has 5 heteroatoms. The molecule has 0 radical (unpaired) electrons. The van der Waals surface area contributed by atoms with Gasteiger partial charge in [0.15, 0.2) is 16.8 Å². The number of nitrogens with zero attached hydrogens (tertiary/aromatic N) is 3. The van der Waals surface area contributed by atoms with Crippen LogP contribution in [0, 0.1) is 20.8 Å². The minimum atomic E-state index is 0.0998. The van der Waals surface area contributed by atoms with Crippen LogP contribution in [-0.4, -0.2) is 26.3 Å². The molecule has 138 valence electrons. The number of aromatic nitrogens is 3. The average Bonchev–Trinajstić information content (AvgIpc) is 3.03. The number of allylic oxidation sites excluding steroid dienone is 1. The van der Waals surface area contributed by atoms with Gasteiger partial charge in [-0.1, -0.05) is 65.4 Å². The van der Waals surface area contributed by atoms with E-state index >= 15 is 0 Å². The maximum Gasteiger partial charge on any atom is 0.192 e. The molecule has 0 spiro atoms. The fourth-order valence-electron chi connectivity index (χ4n) is 3.02. The molecule has 27 heavy (non-hydrogen) atoms. The lowest BCUT2D eigenvalue weighted by Crippen LogP contribution is -2.07. The van der Waals surface area contributed by atoms with Crippen molar-refractivity contribution < 1.29 is 4.79 Å². The third-order valence-electron chi connectivity index (χ3n) is 4.32. The first kappa shape index (κ1) is 19.1. The van der Waals surface area contributed by atoms with Gasteiger partial charge in [-0.05, 0) is 32.4 Å². The lowest BCUT2D eigenvalue weighted by Gasteiger charge is -2.09. The fourth-order valence-corrected chi connectivity index (χ4v) is 3.85. The average molecular weight is 378 g/mol. The first-order chi connectivity index (χ1) is 13.0. The molecule has 4 nitrogen and oxygen atoms in total. The van der Waals surface area contributed by atoms with E-state index in [-0.39, 0.29) is 5.78 Å². The third-order valence-corrected chi connectivity index (χ3v) is 5.29. The predicted octanol–water partition coefficient (Wildman–Crippen LogP) is 5.03. The van der Waals surface area contributed by atoms with Crippen molar-refractivity contribution in [3.63, 3.8) is 0 Å². The van der Waals surface area contributed by atoms with E-state index in [9.17, 15) is 4.79 Å². The molecule has 3 aromatic rings. The summed E-state index contributed by atoms with van der Waals surface area (Å²) < 4.78 is 2.00. The predicted molar refractivity (Wildman–Crippen MR) is 111 cm³/mol. The highest BCUT2D eigenvalue weighted by molar-refractivity contribution is 7.99. The first-order valence-corrected chi connectivity index (χ1v) is 9.82. The van der Waals surface area contributed by atoms with Gasteiger partial charge in [-0.2, -0.15) is 0 Å².